The largest absolute Gasteiger partial charge is 0.394 e. The predicted octanol–water partition coefficient (Wildman–Crippen LogP) is 0.455. The number of halogens is 3. The van der Waals surface area contributed by atoms with E-state index in [9.17, 15) is 10.2 Å². The van der Waals surface area contributed by atoms with Gasteiger partial charge in [0.05, 0.1) is 6.61 Å². The summed E-state index contributed by atoms with van der Waals surface area (Å²) in [7, 11) is 0. The van der Waals surface area contributed by atoms with Crippen LogP contribution < -0.4 is 0 Å². The molecule has 3 N–H and O–H groups in total. The average molecular weight is 304 g/mol. The van der Waals surface area contributed by atoms with Gasteiger partial charge in [-0.15, -0.1) is 0 Å². The lowest BCUT2D eigenvalue weighted by atomic mass is 10.1. The van der Waals surface area contributed by atoms with Gasteiger partial charge in [0.1, 0.15) is 18.3 Å². The molecule has 4 atom stereocenters. The van der Waals surface area contributed by atoms with E-state index in [0.717, 1.165) is 4.57 Å². The van der Waals surface area contributed by atoms with Crippen LogP contribution in [0.25, 0.3) is 0 Å². The Morgan fingerprint density at radius 1 is 1.24 bits per heavy atom. The number of aliphatic hydroxyl groups is 3. The fourth-order valence-corrected chi connectivity index (χ4v) is 2.41. The molecule has 1 aliphatic rings. The zero-order chi connectivity index (χ0) is 12.7. The molecule has 1 fully saturated rings. The van der Waals surface area contributed by atoms with Crippen molar-refractivity contribution in [1.29, 1.82) is 0 Å². The quantitative estimate of drug-likeness (QED) is 0.738. The van der Waals surface area contributed by atoms with Crippen molar-refractivity contribution in [2.75, 3.05) is 6.61 Å². The summed E-state index contributed by atoms with van der Waals surface area (Å²) < 4.78 is 6.39. The van der Waals surface area contributed by atoms with Gasteiger partial charge in [-0.25, -0.2) is 4.98 Å². The molecule has 9 heteroatoms. The SMILES string of the molecule is OC[C@H]1O[C@@H](n2c(Cl)nc(Cl)c2Cl)[C@H](O)[C@H]1O. The topological polar surface area (TPSA) is 87.7 Å². The summed E-state index contributed by atoms with van der Waals surface area (Å²) in [6, 6.07) is 0. The summed E-state index contributed by atoms with van der Waals surface area (Å²) in [6.45, 7) is -0.438. The van der Waals surface area contributed by atoms with Crippen molar-refractivity contribution in [3.05, 3.63) is 15.6 Å². The first-order chi connectivity index (χ1) is 7.97. The van der Waals surface area contributed by atoms with Crippen molar-refractivity contribution in [3.63, 3.8) is 0 Å². The molecule has 0 radical (unpaired) electrons. The molecule has 0 amide bonds. The fourth-order valence-electron chi connectivity index (χ4n) is 1.67. The maximum Gasteiger partial charge on any atom is 0.207 e. The Kier molecular flexibility index (Phi) is 3.84. The van der Waals surface area contributed by atoms with Gasteiger partial charge in [-0.2, -0.15) is 0 Å². The number of hydrogen-bond acceptors (Lipinski definition) is 5. The Hall–Kier alpha value is -0.0800. The first-order valence-electron chi connectivity index (χ1n) is 4.68. The lowest BCUT2D eigenvalue weighted by molar-refractivity contribution is -0.0525. The van der Waals surface area contributed by atoms with Gasteiger partial charge in [0.25, 0.3) is 0 Å². The molecule has 1 aromatic rings. The van der Waals surface area contributed by atoms with Crippen LogP contribution in [0.5, 0.6) is 0 Å². The lowest BCUT2D eigenvalue weighted by Crippen LogP contribution is -2.33. The molecule has 96 valence electrons. The smallest absolute Gasteiger partial charge is 0.207 e. The zero-order valence-corrected chi connectivity index (χ0v) is 10.6. The highest BCUT2D eigenvalue weighted by Gasteiger charge is 2.44. The van der Waals surface area contributed by atoms with E-state index in [1.165, 1.54) is 0 Å². The van der Waals surface area contributed by atoms with E-state index in [4.69, 9.17) is 44.6 Å². The predicted molar refractivity (Wildman–Crippen MR) is 60.3 cm³/mol. The normalized spacial score (nSPS) is 33.3. The molecule has 0 unspecified atom stereocenters. The summed E-state index contributed by atoms with van der Waals surface area (Å²) in [5, 5.41) is 28.2. The molecule has 1 aromatic heterocycles. The first-order valence-corrected chi connectivity index (χ1v) is 5.82. The van der Waals surface area contributed by atoms with Crippen molar-refractivity contribution in [2.45, 2.75) is 24.5 Å². The van der Waals surface area contributed by atoms with Crippen LogP contribution in [-0.2, 0) is 4.74 Å². The van der Waals surface area contributed by atoms with Gasteiger partial charge in [-0.1, -0.05) is 23.2 Å². The van der Waals surface area contributed by atoms with Crippen LogP contribution in [0.2, 0.25) is 15.6 Å². The highest BCUT2D eigenvalue weighted by Crippen LogP contribution is 2.36. The summed E-state index contributed by atoms with van der Waals surface area (Å²) >= 11 is 17.3. The molecule has 0 bridgehead atoms. The van der Waals surface area contributed by atoms with Crippen LogP contribution >= 0.6 is 34.8 Å². The van der Waals surface area contributed by atoms with E-state index < -0.39 is 31.1 Å². The van der Waals surface area contributed by atoms with Crippen LogP contribution in [0.3, 0.4) is 0 Å². The lowest BCUT2D eigenvalue weighted by Gasteiger charge is -2.17. The van der Waals surface area contributed by atoms with Crippen molar-refractivity contribution in [3.8, 4) is 0 Å². The molecule has 0 aromatic carbocycles. The number of hydrogen-bond donors (Lipinski definition) is 3. The molecule has 2 heterocycles. The van der Waals surface area contributed by atoms with Gasteiger partial charge < -0.3 is 20.1 Å². The van der Waals surface area contributed by atoms with E-state index in [-0.39, 0.29) is 15.6 Å². The summed E-state index contributed by atoms with van der Waals surface area (Å²) in [4.78, 5) is 3.69. The van der Waals surface area contributed by atoms with E-state index in [2.05, 4.69) is 4.98 Å². The van der Waals surface area contributed by atoms with E-state index in [0.29, 0.717) is 0 Å². The Balaban J connectivity index is 2.35. The Bertz CT molecular complexity index is 427. The molecule has 0 saturated carbocycles. The molecule has 0 aliphatic carbocycles. The summed E-state index contributed by atoms with van der Waals surface area (Å²) in [5.41, 5.74) is 0. The second kappa shape index (κ2) is 4.89. The third-order valence-corrected chi connectivity index (χ3v) is 3.53. The number of nitrogens with zero attached hydrogens (tertiary/aromatic N) is 2. The number of aromatic nitrogens is 2. The highest BCUT2D eigenvalue weighted by molar-refractivity contribution is 6.42. The molecule has 1 saturated heterocycles. The molecule has 17 heavy (non-hydrogen) atoms. The minimum Gasteiger partial charge on any atom is -0.394 e. The van der Waals surface area contributed by atoms with Crippen LogP contribution in [0, 0.1) is 0 Å². The van der Waals surface area contributed by atoms with Crippen molar-refractivity contribution >= 4 is 34.8 Å². The molecule has 2 rings (SSSR count). The minimum absolute atomic E-state index is 0.00786. The number of ether oxygens (including phenoxy) is 1. The molecule has 1 aliphatic heterocycles. The first kappa shape index (κ1) is 13.4. The molecular weight excluding hydrogens is 294 g/mol. The summed E-state index contributed by atoms with van der Waals surface area (Å²) in [6.07, 6.45) is -4.48. The average Bonchev–Trinajstić information content (AvgIpc) is 2.69. The van der Waals surface area contributed by atoms with Gasteiger partial charge >= 0.3 is 0 Å². The Labute approximate surface area is 111 Å². The van der Waals surface area contributed by atoms with Gasteiger partial charge in [0.2, 0.25) is 5.28 Å². The third kappa shape index (κ3) is 2.15. The number of aliphatic hydroxyl groups excluding tert-OH is 3. The van der Waals surface area contributed by atoms with Gasteiger partial charge in [0.15, 0.2) is 16.5 Å². The molecule has 6 nitrogen and oxygen atoms in total. The number of rotatable bonds is 2. The maximum atomic E-state index is 9.78. The second-order valence-corrected chi connectivity index (χ2v) is 4.62. The van der Waals surface area contributed by atoms with Crippen LogP contribution in [0.1, 0.15) is 6.23 Å². The van der Waals surface area contributed by atoms with E-state index >= 15 is 0 Å². The summed E-state index contributed by atoms with van der Waals surface area (Å²) in [5.74, 6) is 0. The van der Waals surface area contributed by atoms with Crippen LogP contribution in [-0.4, -0.2) is 49.8 Å². The van der Waals surface area contributed by atoms with Gasteiger partial charge in [0, 0.05) is 0 Å². The maximum absolute atomic E-state index is 9.78. The van der Waals surface area contributed by atoms with Crippen LogP contribution in [0.4, 0.5) is 0 Å². The monoisotopic (exact) mass is 302 g/mol. The standard InChI is InChI=1S/C8H9Cl3N2O4/c9-5-6(10)13(8(11)12-5)7-4(16)3(15)2(1-14)17-7/h2-4,7,14-16H,1H2/t2-,3+,4-,7-/m1/s1. The molecule has 0 spiro atoms. The Morgan fingerprint density at radius 3 is 2.29 bits per heavy atom. The van der Waals surface area contributed by atoms with E-state index in [1.807, 2.05) is 0 Å². The van der Waals surface area contributed by atoms with Crippen molar-refractivity contribution < 1.29 is 20.1 Å². The van der Waals surface area contributed by atoms with Crippen LogP contribution in [0.15, 0.2) is 0 Å². The minimum atomic E-state index is -1.28. The number of imidazole rings is 1. The fraction of sp³-hybridized carbons (Fsp3) is 0.625. The van der Waals surface area contributed by atoms with Crippen molar-refractivity contribution in [1.82, 2.24) is 9.55 Å². The van der Waals surface area contributed by atoms with E-state index in [1.54, 1.807) is 0 Å². The highest BCUT2D eigenvalue weighted by atomic mass is 35.5. The van der Waals surface area contributed by atoms with Gasteiger partial charge in [-0.3, -0.25) is 4.57 Å². The van der Waals surface area contributed by atoms with Crippen molar-refractivity contribution in [2.24, 2.45) is 0 Å². The second-order valence-electron chi connectivity index (χ2n) is 3.56. The molecular formula is C8H9Cl3N2O4. The zero-order valence-electron chi connectivity index (χ0n) is 8.29. The third-order valence-electron chi connectivity index (χ3n) is 2.54. The Morgan fingerprint density at radius 2 is 1.88 bits per heavy atom. The van der Waals surface area contributed by atoms with Gasteiger partial charge in [-0.05, 0) is 11.6 Å².